The number of para-hydroxylation sites is 1. The smallest absolute Gasteiger partial charge is 0.308 e. The summed E-state index contributed by atoms with van der Waals surface area (Å²) in [7, 11) is -3.66. The van der Waals surface area contributed by atoms with Crippen LogP contribution in [0.2, 0.25) is 0 Å². The van der Waals surface area contributed by atoms with E-state index in [0.717, 1.165) is 49.4 Å². The molecule has 1 amide bonds. The number of piperazine rings is 1. The van der Waals surface area contributed by atoms with Crippen molar-refractivity contribution in [3.63, 3.8) is 0 Å². The summed E-state index contributed by atoms with van der Waals surface area (Å²) >= 11 is 1.03. The van der Waals surface area contributed by atoms with Crippen LogP contribution in [0, 0.1) is 0 Å². The molecule has 2 aliphatic heterocycles. The Balaban J connectivity index is 1.29. The van der Waals surface area contributed by atoms with Crippen molar-refractivity contribution < 1.29 is 13.2 Å². The van der Waals surface area contributed by atoms with Crippen molar-refractivity contribution in [3.05, 3.63) is 58.2 Å². The summed E-state index contributed by atoms with van der Waals surface area (Å²) in [4.78, 5) is 29.3. The molecule has 0 bridgehead atoms. The third kappa shape index (κ3) is 5.00. The average molecular weight is 515 g/mol. The summed E-state index contributed by atoms with van der Waals surface area (Å²) in [5.41, 5.74) is 1.77. The monoisotopic (exact) mass is 514 g/mol. The van der Waals surface area contributed by atoms with Gasteiger partial charge >= 0.3 is 4.87 Å². The first-order chi connectivity index (χ1) is 16.9. The topological polar surface area (TPSA) is 82.9 Å². The van der Waals surface area contributed by atoms with E-state index in [1.165, 1.54) is 4.31 Å². The fourth-order valence-electron chi connectivity index (χ4n) is 4.90. The number of carbonyl (C=O) groups excluding carboxylic acids is 1. The van der Waals surface area contributed by atoms with Crippen molar-refractivity contribution in [2.75, 3.05) is 44.2 Å². The minimum Gasteiger partial charge on any atom is -0.369 e. The quantitative estimate of drug-likeness (QED) is 0.505. The Kier molecular flexibility index (Phi) is 6.95. The minimum atomic E-state index is -3.66. The second kappa shape index (κ2) is 10.1. The summed E-state index contributed by atoms with van der Waals surface area (Å²) in [5, 5.41) is 0. The molecule has 3 aromatic rings. The van der Waals surface area contributed by atoms with Gasteiger partial charge in [-0.3, -0.25) is 14.2 Å². The fourth-order valence-corrected chi connectivity index (χ4v) is 7.38. The summed E-state index contributed by atoms with van der Waals surface area (Å²) in [6, 6.07) is 14.9. The molecule has 1 aromatic heterocycles. The number of piperidine rings is 1. The number of likely N-dealkylation sites (tertiary alicyclic amines) is 1. The second-order valence-corrected chi connectivity index (χ2v) is 12.0. The van der Waals surface area contributed by atoms with Crippen LogP contribution < -0.4 is 9.77 Å². The summed E-state index contributed by atoms with van der Waals surface area (Å²) in [6.45, 7) is 3.95. The van der Waals surface area contributed by atoms with E-state index in [1.54, 1.807) is 22.8 Å². The van der Waals surface area contributed by atoms with Crippen molar-refractivity contribution in [1.82, 2.24) is 13.8 Å². The van der Waals surface area contributed by atoms with Crippen molar-refractivity contribution in [2.24, 2.45) is 0 Å². The number of anilines is 1. The van der Waals surface area contributed by atoms with Crippen LogP contribution in [0.4, 0.5) is 5.69 Å². The zero-order valence-corrected chi connectivity index (χ0v) is 21.3. The molecule has 186 valence electrons. The third-order valence-electron chi connectivity index (χ3n) is 6.90. The van der Waals surface area contributed by atoms with Gasteiger partial charge in [-0.1, -0.05) is 29.5 Å². The third-order valence-corrected chi connectivity index (χ3v) is 9.73. The molecule has 0 N–H and O–H groups in total. The number of sulfonamides is 1. The molecule has 0 atom stereocenters. The first-order valence-electron chi connectivity index (χ1n) is 12.1. The Labute approximate surface area is 209 Å². The molecule has 0 aliphatic carbocycles. The van der Waals surface area contributed by atoms with Gasteiger partial charge in [0, 0.05) is 57.9 Å². The Hall–Kier alpha value is -2.69. The van der Waals surface area contributed by atoms with Crippen LogP contribution >= 0.6 is 11.3 Å². The van der Waals surface area contributed by atoms with Gasteiger partial charge < -0.3 is 9.80 Å². The summed E-state index contributed by atoms with van der Waals surface area (Å²) in [6.07, 6.45) is 3.50. The molecule has 2 saturated heterocycles. The molecule has 3 heterocycles. The Morgan fingerprint density at radius 3 is 2.31 bits per heavy atom. The molecule has 10 heteroatoms. The highest BCUT2D eigenvalue weighted by Gasteiger charge is 2.29. The van der Waals surface area contributed by atoms with Crippen molar-refractivity contribution in [3.8, 4) is 0 Å². The van der Waals surface area contributed by atoms with E-state index in [2.05, 4.69) is 4.90 Å². The van der Waals surface area contributed by atoms with Gasteiger partial charge in [0.2, 0.25) is 15.9 Å². The lowest BCUT2D eigenvalue weighted by atomic mass is 10.1. The number of fused-ring (bicyclic) bond motifs is 1. The number of amides is 1. The van der Waals surface area contributed by atoms with Gasteiger partial charge in [0.25, 0.3) is 0 Å². The highest BCUT2D eigenvalue weighted by atomic mass is 32.2. The van der Waals surface area contributed by atoms with E-state index in [0.29, 0.717) is 42.9 Å². The normalized spacial score (nSPS) is 17.7. The van der Waals surface area contributed by atoms with Crippen LogP contribution in [0.3, 0.4) is 0 Å². The van der Waals surface area contributed by atoms with Crippen molar-refractivity contribution in [1.29, 1.82) is 0 Å². The van der Waals surface area contributed by atoms with E-state index >= 15 is 0 Å². The van der Waals surface area contributed by atoms with Crippen LogP contribution in [-0.4, -0.2) is 67.4 Å². The predicted octanol–water partition coefficient (Wildman–Crippen LogP) is 2.98. The number of rotatable bonds is 6. The molecule has 0 spiro atoms. The van der Waals surface area contributed by atoms with Crippen molar-refractivity contribution >= 4 is 43.2 Å². The molecule has 2 aromatic carbocycles. The highest BCUT2D eigenvalue weighted by Crippen LogP contribution is 2.26. The predicted molar refractivity (Wildman–Crippen MR) is 139 cm³/mol. The van der Waals surface area contributed by atoms with Gasteiger partial charge in [-0.25, -0.2) is 8.42 Å². The molecular weight excluding hydrogens is 484 g/mol. The van der Waals surface area contributed by atoms with Crippen LogP contribution in [-0.2, 0) is 21.4 Å². The highest BCUT2D eigenvalue weighted by molar-refractivity contribution is 7.89. The van der Waals surface area contributed by atoms with Crippen LogP contribution in [0.15, 0.2) is 58.2 Å². The second-order valence-electron chi connectivity index (χ2n) is 9.07. The molecule has 35 heavy (non-hydrogen) atoms. The van der Waals surface area contributed by atoms with Gasteiger partial charge in [0.1, 0.15) is 0 Å². The summed E-state index contributed by atoms with van der Waals surface area (Å²) < 4.78 is 30.4. The number of nitrogens with zero attached hydrogens (tertiary/aromatic N) is 4. The molecule has 8 nitrogen and oxygen atoms in total. The Morgan fingerprint density at radius 2 is 1.60 bits per heavy atom. The molecule has 5 rings (SSSR count). The van der Waals surface area contributed by atoms with E-state index in [1.807, 2.05) is 35.2 Å². The largest absolute Gasteiger partial charge is 0.369 e. The molecule has 0 unspecified atom stereocenters. The Morgan fingerprint density at radius 1 is 0.886 bits per heavy atom. The zero-order chi connectivity index (χ0) is 24.4. The standard InChI is InChI=1S/C25H30N4O4S2/c30-24(27-12-5-2-6-13-27)11-14-29-22-10-9-21(19-23(22)34-25(29)31)35(32,33)28-17-15-26(16-18-28)20-7-3-1-4-8-20/h1,3-4,7-10,19H,2,5-6,11-18H2. The minimum absolute atomic E-state index is 0.0739. The number of hydrogen-bond donors (Lipinski definition) is 0. The summed E-state index contributed by atoms with van der Waals surface area (Å²) in [5.74, 6) is 0.0739. The van der Waals surface area contributed by atoms with Crippen LogP contribution in [0.5, 0.6) is 0 Å². The lowest BCUT2D eigenvalue weighted by Crippen LogP contribution is -2.48. The van der Waals surface area contributed by atoms with Gasteiger partial charge in [0.05, 0.1) is 15.1 Å². The maximum Gasteiger partial charge on any atom is 0.308 e. The van der Waals surface area contributed by atoms with Gasteiger partial charge in [-0.2, -0.15) is 4.31 Å². The first kappa shape index (κ1) is 24.0. The van der Waals surface area contributed by atoms with E-state index < -0.39 is 10.0 Å². The number of thiazole rings is 1. The molecule has 0 saturated carbocycles. The molecular formula is C25H30N4O4S2. The maximum absolute atomic E-state index is 13.3. The number of carbonyl (C=O) groups is 1. The molecule has 2 fully saturated rings. The maximum atomic E-state index is 13.3. The molecule has 2 aliphatic rings. The Bertz CT molecular complexity index is 1350. The molecule has 0 radical (unpaired) electrons. The lowest BCUT2D eigenvalue weighted by Gasteiger charge is -2.35. The van der Waals surface area contributed by atoms with E-state index in [9.17, 15) is 18.0 Å². The van der Waals surface area contributed by atoms with E-state index in [4.69, 9.17) is 0 Å². The van der Waals surface area contributed by atoms with Gasteiger partial charge in [-0.15, -0.1) is 0 Å². The number of benzene rings is 2. The van der Waals surface area contributed by atoms with E-state index in [-0.39, 0.29) is 22.1 Å². The number of aryl methyl sites for hydroxylation is 1. The van der Waals surface area contributed by atoms with Crippen LogP contribution in [0.25, 0.3) is 10.2 Å². The lowest BCUT2D eigenvalue weighted by molar-refractivity contribution is -0.132. The van der Waals surface area contributed by atoms with Gasteiger partial charge in [0.15, 0.2) is 0 Å². The fraction of sp³-hybridized carbons (Fsp3) is 0.440. The number of aromatic nitrogens is 1. The van der Waals surface area contributed by atoms with Crippen molar-refractivity contribution in [2.45, 2.75) is 37.1 Å². The number of hydrogen-bond acceptors (Lipinski definition) is 6. The average Bonchev–Trinajstić information content (AvgIpc) is 3.22. The zero-order valence-electron chi connectivity index (χ0n) is 19.6. The van der Waals surface area contributed by atoms with Crippen LogP contribution in [0.1, 0.15) is 25.7 Å². The van der Waals surface area contributed by atoms with Gasteiger partial charge in [-0.05, 0) is 49.6 Å². The SMILES string of the molecule is O=C(CCn1c(=O)sc2cc(S(=O)(=O)N3CCN(c4ccccc4)CC3)ccc21)N1CCCCC1. The first-order valence-corrected chi connectivity index (χ1v) is 14.4.